The lowest BCUT2D eigenvalue weighted by molar-refractivity contribution is -0.133. The molecular weight excluding hydrogens is 306 g/mol. The fourth-order valence-electron chi connectivity index (χ4n) is 3.31. The van der Waals surface area contributed by atoms with Crippen molar-refractivity contribution in [3.63, 3.8) is 0 Å². The summed E-state index contributed by atoms with van der Waals surface area (Å²) in [4.78, 5) is 14.2. The van der Waals surface area contributed by atoms with E-state index in [0.29, 0.717) is 24.7 Å². The molecule has 1 unspecified atom stereocenters. The molecule has 1 aromatic carbocycles. The monoisotopic (exact) mass is 325 g/mol. The molecule has 0 radical (unpaired) electrons. The second-order valence-corrected chi connectivity index (χ2v) is 6.47. The predicted molar refractivity (Wildman–Crippen MR) is 81.3 cm³/mol. The summed E-state index contributed by atoms with van der Waals surface area (Å²) in [5, 5.41) is 19.3. The summed E-state index contributed by atoms with van der Waals surface area (Å²) >= 11 is 5.97. The van der Waals surface area contributed by atoms with Gasteiger partial charge >= 0.3 is 0 Å². The van der Waals surface area contributed by atoms with Crippen LogP contribution >= 0.6 is 11.6 Å². The number of halogens is 1. The van der Waals surface area contributed by atoms with Gasteiger partial charge < -0.3 is 19.8 Å². The quantitative estimate of drug-likeness (QED) is 0.877. The zero-order valence-corrected chi connectivity index (χ0v) is 13.0. The number of hydrogen-bond donors (Lipinski definition) is 2. The van der Waals surface area contributed by atoms with Crippen molar-refractivity contribution in [2.45, 2.75) is 19.1 Å². The summed E-state index contributed by atoms with van der Waals surface area (Å²) in [6.07, 6.45) is 0.0470. The van der Waals surface area contributed by atoms with Gasteiger partial charge in [-0.05, 0) is 23.3 Å². The van der Waals surface area contributed by atoms with Crippen molar-refractivity contribution in [2.75, 3.05) is 26.3 Å². The third-order valence-electron chi connectivity index (χ3n) is 4.65. The lowest BCUT2D eigenvalue weighted by Crippen LogP contribution is -2.30. The third kappa shape index (κ3) is 2.99. The van der Waals surface area contributed by atoms with E-state index in [4.69, 9.17) is 16.3 Å². The first-order valence-corrected chi connectivity index (χ1v) is 7.89. The molecule has 1 aromatic rings. The number of aliphatic hydroxyl groups excluding tert-OH is 2. The Hall–Kier alpha value is -1.14. The van der Waals surface area contributed by atoms with Crippen LogP contribution in [0.3, 0.4) is 0 Å². The van der Waals surface area contributed by atoms with Crippen molar-refractivity contribution in [1.29, 1.82) is 0 Å². The zero-order chi connectivity index (χ0) is 15.7. The van der Waals surface area contributed by atoms with Gasteiger partial charge in [-0.1, -0.05) is 17.7 Å². The first-order valence-electron chi connectivity index (χ1n) is 7.51. The number of nitrogens with zero attached hydrogens (tertiary/aromatic N) is 1. The smallest absolute Gasteiger partial charge is 0.225 e. The molecule has 1 saturated heterocycles. The average molecular weight is 326 g/mol. The highest BCUT2D eigenvalue weighted by Crippen LogP contribution is 2.35. The van der Waals surface area contributed by atoms with Crippen LogP contribution in [-0.4, -0.2) is 47.3 Å². The number of ether oxygens (including phenoxy) is 1. The van der Waals surface area contributed by atoms with Gasteiger partial charge in [-0.2, -0.15) is 0 Å². The molecule has 120 valence electrons. The number of amides is 1. The Morgan fingerprint density at radius 1 is 1.27 bits per heavy atom. The van der Waals surface area contributed by atoms with E-state index in [1.165, 1.54) is 0 Å². The van der Waals surface area contributed by atoms with Gasteiger partial charge in [0.15, 0.2) is 0 Å². The van der Waals surface area contributed by atoms with E-state index in [1.807, 2.05) is 18.2 Å². The van der Waals surface area contributed by atoms with Crippen LogP contribution in [0, 0.1) is 11.8 Å². The summed E-state index contributed by atoms with van der Waals surface area (Å²) in [5.74, 6) is -0.0729. The lowest BCUT2D eigenvalue weighted by atomic mass is 9.98. The standard InChI is InChI=1S/C16H20ClNO4/c17-13-1-2-14-10(3-13)9-22-15(14)4-16(21)18-5-11(7-19)12(6-18)8-20/h1-3,11-12,15,19-20H,4-9H2/t11-,12-,15?/m0/s1. The maximum Gasteiger partial charge on any atom is 0.225 e. The Morgan fingerprint density at radius 2 is 1.95 bits per heavy atom. The number of likely N-dealkylation sites (tertiary alicyclic amines) is 1. The minimum Gasteiger partial charge on any atom is -0.396 e. The number of hydrogen-bond acceptors (Lipinski definition) is 4. The molecule has 22 heavy (non-hydrogen) atoms. The molecule has 2 N–H and O–H groups in total. The molecule has 0 aromatic heterocycles. The van der Waals surface area contributed by atoms with Crippen LogP contribution in [0.2, 0.25) is 5.02 Å². The third-order valence-corrected chi connectivity index (χ3v) is 4.89. The van der Waals surface area contributed by atoms with Gasteiger partial charge in [0, 0.05) is 43.2 Å². The van der Waals surface area contributed by atoms with Crippen LogP contribution < -0.4 is 0 Å². The van der Waals surface area contributed by atoms with Gasteiger partial charge in [0.05, 0.1) is 19.1 Å². The van der Waals surface area contributed by atoms with Crippen molar-refractivity contribution in [2.24, 2.45) is 11.8 Å². The highest BCUT2D eigenvalue weighted by molar-refractivity contribution is 6.30. The first-order chi connectivity index (χ1) is 10.6. The summed E-state index contributed by atoms with van der Waals surface area (Å²) in [7, 11) is 0. The fraction of sp³-hybridized carbons (Fsp3) is 0.562. The van der Waals surface area contributed by atoms with Gasteiger partial charge in [0.25, 0.3) is 0 Å². The topological polar surface area (TPSA) is 70.0 Å². The molecule has 6 heteroatoms. The van der Waals surface area contributed by atoms with E-state index < -0.39 is 0 Å². The second-order valence-electron chi connectivity index (χ2n) is 6.03. The van der Waals surface area contributed by atoms with Crippen LogP contribution in [-0.2, 0) is 16.1 Å². The lowest BCUT2D eigenvalue weighted by Gasteiger charge is -2.19. The van der Waals surface area contributed by atoms with E-state index >= 15 is 0 Å². The maximum atomic E-state index is 12.5. The molecule has 1 amide bonds. The van der Waals surface area contributed by atoms with E-state index in [9.17, 15) is 15.0 Å². The van der Waals surface area contributed by atoms with E-state index in [2.05, 4.69) is 0 Å². The van der Waals surface area contributed by atoms with E-state index in [-0.39, 0.29) is 43.5 Å². The molecule has 2 heterocycles. The van der Waals surface area contributed by atoms with Crippen molar-refractivity contribution < 1.29 is 19.7 Å². The van der Waals surface area contributed by atoms with E-state index in [1.54, 1.807) is 4.90 Å². The molecule has 3 rings (SSSR count). The summed E-state index contributed by atoms with van der Waals surface area (Å²) in [6.45, 7) is 1.47. The number of aliphatic hydroxyl groups is 2. The minimum absolute atomic E-state index is 0.00204. The highest BCUT2D eigenvalue weighted by Gasteiger charge is 2.36. The number of rotatable bonds is 4. The van der Waals surface area contributed by atoms with Gasteiger partial charge in [0.1, 0.15) is 0 Å². The molecule has 0 bridgehead atoms. The number of carbonyl (C=O) groups is 1. The Kier molecular flexibility index (Phi) is 4.68. The van der Waals surface area contributed by atoms with Gasteiger partial charge in [-0.25, -0.2) is 0 Å². The Labute approximate surface area is 134 Å². The number of carbonyl (C=O) groups excluding carboxylic acids is 1. The zero-order valence-electron chi connectivity index (χ0n) is 12.2. The molecule has 0 spiro atoms. The molecule has 2 aliphatic heterocycles. The summed E-state index contributed by atoms with van der Waals surface area (Å²) in [6, 6.07) is 5.60. The highest BCUT2D eigenvalue weighted by atomic mass is 35.5. The first kappa shape index (κ1) is 15.7. The Balaban J connectivity index is 1.64. The van der Waals surface area contributed by atoms with Crippen molar-refractivity contribution >= 4 is 17.5 Å². The van der Waals surface area contributed by atoms with Crippen molar-refractivity contribution in [1.82, 2.24) is 4.90 Å². The van der Waals surface area contributed by atoms with Crippen LogP contribution in [0.15, 0.2) is 18.2 Å². The van der Waals surface area contributed by atoms with Crippen LogP contribution in [0.4, 0.5) is 0 Å². The van der Waals surface area contributed by atoms with Crippen LogP contribution in [0.5, 0.6) is 0 Å². The summed E-state index contributed by atoms with van der Waals surface area (Å²) in [5.41, 5.74) is 2.06. The van der Waals surface area contributed by atoms with Crippen molar-refractivity contribution in [3.8, 4) is 0 Å². The minimum atomic E-state index is -0.236. The molecule has 0 aliphatic carbocycles. The molecule has 1 fully saturated rings. The number of benzene rings is 1. The van der Waals surface area contributed by atoms with Gasteiger partial charge in [0.2, 0.25) is 5.91 Å². The molecular formula is C16H20ClNO4. The van der Waals surface area contributed by atoms with Gasteiger partial charge in [-0.3, -0.25) is 4.79 Å². The number of fused-ring (bicyclic) bond motifs is 1. The Morgan fingerprint density at radius 3 is 2.59 bits per heavy atom. The largest absolute Gasteiger partial charge is 0.396 e. The van der Waals surface area contributed by atoms with Crippen LogP contribution in [0.1, 0.15) is 23.7 Å². The molecule has 0 saturated carbocycles. The fourth-order valence-corrected chi connectivity index (χ4v) is 3.50. The second kappa shape index (κ2) is 6.54. The van der Waals surface area contributed by atoms with Crippen molar-refractivity contribution in [3.05, 3.63) is 34.3 Å². The maximum absolute atomic E-state index is 12.5. The van der Waals surface area contributed by atoms with Crippen LogP contribution in [0.25, 0.3) is 0 Å². The normalized spacial score (nSPS) is 27.2. The SMILES string of the molecule is O=C(CC1OCc2cc(Cl)ccc21)N1C[C@@H](CO)[C@H](CO)C1. The molecule has 5 nitrogen and oxygen atoms in total. The average Bonchev–Trinajstić information content (AvgIpc) is 3.10. The Bertz CT molecular complexity index is 553. The molecule has 3 atom stereocenters. The van der Waals surface area contributed by atoms with Gasteiger partial charge in [-0.15, -0.1) is 0 Å². The predicted octanol–water partition coefficient (Wildman–Crippen LogP) is 1.36. The van der Waals surface area contributed by atoms with E-state index in [0.717, 1.165) is 11.1 Å². The molecule has 2 aliphatic rings. The summed E-state index contributed by atoms with van der Waals surface area (Å²) < 4.78 is 5.71.